The van der Waals surface area contributed by atoms with Gasteiger partial charge in [-0.3, -0.25) is 0 Å². The highest BCUT2D eigenvalue weighted by atomic mass is 35.5. The molecule has 0 spiro atoms. The molecule has 0 saturated heterocycles. The minimum Gasteiger partial charge on any atom is -0.482 e. The van der Waals surface area contributed by atoms with Gasteiger partial charge in [0.15, 0.2) is 6.61 Å². The Morgan fingerprint density at radius 1 is 1.14 bits per heavy atom. The fourth-order valence-electron chi connectivity index (χ4n) is 3.38. The normalized spacial score (nSPS) is 12.8. The van der Waals surface area contributed by atoms with E-state index < -0.39 is 5.97 Å². The molecule has 4 nitrogen and oxygen atoms in total. The molecule has 0 fully saturated rings. The highest BCUT2D eigenvalue weighted by Gasteiger charge is 2.13. The van der Waals surface area contributed by atoms with Crippen LogP contribution in [0.15, 0.2) is 47.4 Å². The average Bonchev–Trinajstić information content (AvgIpc) is 3.18. The van der Waals surface area contributed by atoms with Crippen LogP contribution in [0.2, 0.25) is 5.15 Å². The van der Waals surface area contributed by atoms with Crippen LogP contribution in [0.25, 0.3) is 10.9 Å². The van der Waals surface area contributed by atoms with Gasteiger partial charge in [0.25, 0.3) is 0 Å². The fourth-order valence-corrected chi connectivity index (χ4v) is 4.01. The van der Waals surface area contributed by atoms with E-state index >= 15 is 0 Å². The molecule has 1 aromatic heterocycles. The molecular weight excluding hydrogens is 394 g/mol. The number of benzene rings is 2. The summed E-state index contributed by atoms with van der Waals surface area (Å²) >= 11 is 7.92. The molecule has 0 aliphatic heterocycles. The van der Waals surface area contributed by atoms with Gasteiger partial charge < -0.3 is 9.47 Å². The Morgan fingerprint density at radius 3 is 2.86 bits per heavy atom. The molecule has 28 heavy (non-hydrogen) atoms. The van der Waals surface area contributed by atoms with Crippen molar-refractivity contribution in [2.45, 2.75) is 30.8 Å². The van der Waals surface area contributed by atoms with Crippen molar-refractivity contribution in [3.8, 4) is 5.75 Å². The zero-order chi connectivity index (χ0) is 19.5. The van der Waals surface area contributed by atoms with Crippen LogP contribution in [0.3, 0.4) is 0 Å². The molecule has 1 aliphatic carbocycles. The van der Waals surface area contributed by atoms with E-state index in [1.165, 1.54) is 17.5 Å². The number of pyridine rings is 1. The first-order valence-corrected chi connectivity index (χ1v) is 10.8. The Balaban J connectivity index is 1.36. The maximum atomic E-state index is 12.1. The van der Waals surface area contributed by atoms with Gasteiger partial charge in [0, 0.05) is 15.8 Å². The van der Waals surface area contributed by atoms with Crippen LogP contribution < -0.4 is 4.74 Å². The summed E-state index contributed by atoms with van der Waals surface area (Å²) in [4.78, 5) is 17.6. The monoisotopic (exact) mass is 413 g/mol. The van der Waals surface area contributed by atoms with Gasteiger partial charge in [-0.25, -0.2) is 9.78 Å². The van der Waals surface area contributed by atoms with E-state index in [0.717, 1.165) is 28.6 Å². The third kappa shape index (κ3) is 4.26. The summed E-state index contributed by atoms with van der Waals surface area (Å²) in [5, 5.41) is 1.31. The minimum atomic E-state index is -0.436. The number of fused-ring (bicyclic) bond motifs is 2. The summed E-state index contributed by atoms with van der Waals surface area (Å²) in [6.45, 7) is -0.0626. The molecule has 0 saturated carbocycles. The van der Waals surface area contributed by atoms with Gasteiger partial charge in [-0.15, -0.1) is 11.8 Å². The van der Waals surface area contributed by atoms with Crippen molar-refractivity contribution in [1.29, 1.82) is 0 Å². The predicted molar refractivity (Wildman–Crippen MR) is 112 cm³/mol. The van der Waals surface area contributed by atoms with Crippen molar-refractivity contribution in [2.75, 3.05) is 12.9 Å². The van der Waals surface area contributed by atoms with Crippen LogP contribution in [0.5, 0.6) is 5.75 Å². The number of halogens is 1. The number of aromatic nitrogens is 1. The third-order valence-corrected chi connectivity index (χ3v) is 5.92. The highest BCUT2D eigenvalue weighted by molar-refractivity contribution is 7.98. The predicted octanol–water partition coefficient (Wildman–Crippen LogP) is 5.22. The van der Waals surface area contributed by atoms with E-state index in [4.69, 9.17) is 21.1 Å². The van der Waals surface area contributed by atoms with Crippen LogP contribution in [-0.4, -0.2) is 23.8 Å². The van der Waals surface area contributed by atoms with E-state index in [1.807, 2.05) is 42.7 Å². The van der Waals surface area contributed by atoms with E-state index in [2.05, 4.69) is 11.1 Å². The summed E-state index contributed by atoms with van der Waals surface area (Å²) in [5.41, 5.74) is 4.19. The number of carbonyl (C=O) groups is 1. The van der Waals surface area contributed by atoms with Crippen molar-refractivity contribution in [3.63, 3.8) is 0 Å². The summed E-state index contributed by atoms with van der Waals surface area (Å²) in [6, 6.07) is 13.9. The van der Waals surface area contributed by atoms with E-state index in [1.54, 1.807) is 11.8 Å². The van der Waals surface area contributed by atoms with Crippen LogP contribution in [-0.2, 0) is 29.0 Å². The number of carbonyl (C=O) groups excluding carboxylic acids is 1. The lowest BCUT2D eigenvalue weighted by Gasteiger charge is -2.10. The van der Waals surface area contributed by atoms with Crippen molar-refractivity contribution in [3.05, 3.63) is 64.3 Å². The maximum absolute atomic E-state index is 12.1. The lowest BCUT2D eigenvalue weighted by Crippen LogP contribution is -2.15. The first kappa shape index (κ1) is 19.1. The van der Waals surface area contributed by atoms with Crippen LogP contribution in [0.1, 0.15) is 23.1 Å². The first-order chi connectivity index (χ1) is 13.6. The number of hydrogen-bond acceptors (Lipinski definition) is 5. The molecular formula is C22H20ClNO3S. The molecule has 6 heteroatoms. The topological polar surface area (TPSA) is 48.4 Å². The SMILES string of the molecule is CSc1ccc2cc(COC(=O)COc3ccc4c(c3)CCC4)c(Cl)nc2c1. The van der Waals surface area contributed by atoms with Gasteiger partial charge in [0.2, 0.25) is 0 Å². The fraction of sp³-hybridized carbons (Fsp3) is 0.273. The smallest absolute Gasteiger partial charge is 0.344 e. The lowest BCUT2D eigenvalue weighted by atomic mass is 10.1. The van der Waals surface area contributed by atoms with Crippen molar-refractivity contribution in [1.82, 2.24) is 4.98 Å². The molecule has 0 N–H and O–H groups in total. The standard InChI is InChI=1S/C22H20ClNO3S/c1-28-19-8-6-16-9-17(22(23)24-20(16)11-19)12-27-21(25)13-26-18-7-5-14-3-2-4-15(14)10-18/h5-11H,2-4,12-13H2,1H3. The second-order valence-electron chi connectivity index (χ2n) is 6.73. The number of esters is 1. The van der Waals surface area contributed by atoms with Crippen molar-refractivity contribution < 1.29 is 14.3 Å². The zero-order valence-electron chi connectivity index (χ0n) is 15.5. The minimum absolute atomic E-state index is 0.0679. The summed E-state index contributed by atoms with van der Waals surface area (Å²) in [6.07, 6.45) is 5.39. The maximum Gasteiger partial charge on any atom is 0.344 e. The van der Waals surface area contributed by atoms with E-state index in [9.17, 15) is 4.79 Å². The highest BCUT2D eigenvalue weighted by Crippen LogP contribution is 2.27. The Labute approximate surface area is 173 Å². The van der Waals surface area contributed by atoms with Gasteiger partial charge >= 0.3 is 5.97 Å². The van der Waals surface area contributed by atoms with Gasteiger partial charge in [0.1, 0.15) is 17.5 Å². The Morgan fingerprint density at radius 2 is 2.00 bits per heavy atom. The molecule has 0 radical (unpaired) electrons. The molecule has 3 aromatic rings. The van der Waals surface area contributed by atoms with E-state index in [0.29, 0.717) is 16.5 Å². The van der Waals surface area contributed by atoms with Gasteiger partial charge in [-0.05, 0) is 67.0 Å². The first-order valence-electron chi connectivity index (χ1n) is 9.16. The molecule has 0 amide bonds. The van der Waals surface area contributed by atoms with Crippen LogP contribution in [0, 0.1) is 0 Å². The van der Waals surface area contributed by atoms with Crippen molar-refractivity contribution in [2.24, 2.45) is 0 Å². The number of ether oxygens (including phenoxy) is 2. The molecule has 4 rings (SSSR count). The van der Waals surface area contributed by atoms with Crippen LogP contribution in [0.4, 0.5) is 0 Å². The Bertz CT molecular complexity index is 1040. The van der Waals surface area contributed by atoms with E-state index in [-0.39, 0.29) is 13.2 Å². The number of rotatable bonds is 6. The lowest BCUT2D eigenvalue weighted by molar-refractivity contribution is -0.147. The summed E-state index contributed by atoms with van der Waals surface area (Å²) in [5.74, 6) is 0.266. The zero-order valence-corrected chi connectivity index (χ0v) is 17.1. The van der Waals surface area contributed by atoms with Gasteiger partial charge in [0.05, 0.1) is 5.52 Å². The molecule has 0 bridgehead atoms. The number of aryl methyl sites for hydroxylation is 2. The Hall–Kier alpha value is -2.24. The van der Waals surface area contributed by atoms with Crippen LogP contribution >= 0.6 is 23.4 Å². The van der Waals surface area contributed by atoms with Gasteiger partial charge in [-0.1, -0.05) is 23.7 Å². The van der Waals surface area contributed by atoms with Gasteiger partial charge in [-0.2, -0.15) is 0 Å². The van der Waals surface area contributed by atoms with Crippen molar-refractivity contribution >= 4 is 40.2 Å². The molecule has 2 aromatic carbocycles. The quantitative estimate of drug-likeness (QED) is 0.315. The molecule has 144 valence electrons. The number of thioether (sulfide) groups is 1. The average molecular weight is 414 g/mol. The second kappa shape index (κ2) is 8.41. The second-order valence-corrected chi connectivity index (χ2v) is 7.97. The largest absolute Gasteiger partial charge is 0.482 e. The molecule has 1 heterocycles. The molecule has 0 atom stereocenters. The Kier molecular flexibility index (Phi) is 5.74. The third-order valence-electron chi connectivity index (χ3n) is 4.87. The summed E-state index contributed by atoms with van der Waals surface area (Å²) in [7, 11) is 0. The molecule has 0 unspecified atom stereocenters. The molecule has 1 aliphatic rings. The number of nitrogens with zero attached hydrogens (tertiary/aromatic N) is 1. The number of hydrogen-bond donors (Lipinski definition) is 0. The summed E-state index contributed by atoms with van der Waals surface area (Å²) < 4.78 is 10.9.